The van der Waals surface area contributed by atoms with Crippen molar-refractivity contribution < 1.29 is 19.1 Å². The van der Waals surface area contributed by atoms with Crippen LogP contribution in [-0.4, -0.2) is 25.2 Å². The van der Waals surface area contributed by atoms with E-state index in [4.69, 9.17) is 9.47 Å². The van der Waals surface area contributed by atoms with Crippen LogP contribution in [0.1, 0.15) is 26.3 Å². The number of rotatable bonds is 6. The molecule has 0 aliphatic heterocycles. The molecule has 0 saturated heterocycles. The van der Waals surface area contributed by atoms with Crippen LogP contribution in [0.4, 0.5) is 0 Å². The second-order valence-electron chi connectivity index (χ2n) is 4.21. The first-order valence-electron chi connectivity index (χ1n) is 6.88. The van der Waals surface area contributed by atoms with Gasteiger partial charge in [-0.05, 0) is 38.0 Å². The van der Waals surface area contributed by atoms with Gasteiger partial charge in [0.2, 0.25) is 0 Å². The Labute approximate surface area is 125 Å². The predicted octanol–water partition coefficient (Wildman–Crippen LogP) is 3.14. The molecule has 0 aliphatic carbocycles. The van der Waals surface area contributed by atoms with Crippen LogP contribution in [0, 0.1) is 0 Å². The van der Waals surface area contributed by atoms with E-state index in [-0.39, 0.29) is 6.61 Å². The number of carbonyl (C=O) groups excluding carboxylic acids is 2. The molecule has 0 heterocycles. The molecule has 0 spiro atoms. The van der Waals surface area contributed by atoms with E-state index < -0.39 is 11.9 Å². The van der Waals surface area contributed by atoms with Gasteiger partial charge in [-0.3, -0.25) is 0 Å². The Hall–Kier alpha value is -2.36. The Morgan fingerprint density at radius 3 is 2.19 bits per heavy atom. The minimum absolute atomic E-state index is 0.275. The van der Waals surface area contributed by atoms with Crippen LogP contribution in [0.25, 0.3) is 5.57 Å². The number of allylic oxidation sites excluding steroid dienone is 1. The highest BCUT2D eigenvalue weighted by molar-refractivity contribution is 6.01. The van der Waals surface area contributed by atoms with E-state index in [0.29, 0.717) is 12.2 Å². The summed E-state index contributed by atoms with van der Waals surface area (Å²) in [7, 11) is 0. The van der Waals surface area contributed by atoms with Crippen LogP contribution in [-0.2, 0) is 19.1 Å². The van der Waals surface area contributed by atoms with Crippen molar-refractivity contribution in [2.75, 3.05) is 13.2 Å². The van der Waals surface area contributed by atoms with Gasteiger partial charge in [0.25, 0.3) is 0 Å². The summed E-state index contributed by atoms with van der Waals surface area (Å²) >= 11 is 0. The molecule has 0 fully saturated rings. The Bertz CT molecular complexity index is 541. The van der Waals surface area contributed by atoms with E-state index in [9.17, 15) is 9.59 Å². The maximum absolute atomic E-state index is 12.0. The van der Waals surface area contributed by atoms with Crippen molar-refractivity contribution in [2.24, 2.45) is 0 Å². The Balaban J connectivity index is 3.13. The average molecular weight is 288 g/mol. The topological polar surface area (TPSA) is 52.6 Å². The van der Waals surface area contributed by atoms with E-state index in [2.05, 4.69) is 0 Å². The number of hydrogen-bond acceptors (Lipinski definition) is 4. The zero-order valence-corrected chi connectivity index (χ0v) is 12.6. The lowest BCUT2D eigenvalue weighted by Gasteiger charge is -2.08. The fourth-order valence-corrected chi connectivity index (χ4v) is 1.74. The largest absolute Gasteiger partial charge is 0.463 e. The fourth-order valence-electron chi connectivity index (χ4n) is 1.74. The summed E-state index contributed by atoms with van der Waals surface area (Å²) in [5, 5.41) is 0. The fraction of sp³-hybridized carbons (Fsp3) is 0.294. The molecule has 0 bridgehead atoms. The van der Waals surface area contributed by atoms with Crippen LogP contribution >= 0.6 is 0 Å². The van der Waals surface area contributed by atoms with E-state index >= 15 is 0 Å². The van der Waals surface area contributed by atoms with Crippen molar-refractivity contribution in [3.8, 4) is 0 Å². The molecule has 0 aromatic heterocycles. The Morgan fingerprint density at radius 2 is 1.62 bits per heavy atom. The first kappa shape index (κ1) is 16.7. The first-order chi connectivity index (χ1) is 10.1. The molecule has 1 aromatic rings. The SMILES string of the molecule is CCOC(=O)/C=C/C(C(=O)OCC)=C(\C)c1ccccc1. The second-order valence-corrected chi connectivity index (χ2v) is 4.21. The van der Waals surface area contributed by atoms with Gasteiger partial charge in [0.05, 0.1) is 18.8 Å². The number of hydrogen-bond donors (Lipinski definition) is 0. The third-order valence-corrected chi connectivity index (χ3v) is 2.78. The highest BCUT2D eigenvalue weighted by Gasteiger charge is 2.13. The standard InChI is InChI=1S/C17H20O4/c1-4-20-16(18)12-11-15(17(19)21-5-2)13(3)14-9-7-6-8-10-14/h6-12H,4-5H2,1-3H3/b12-11+,15-13-. The van der Waals surface area contributed by atoms with Crippen molar-refractivity contribution in [3.63, 3.8) is 0 Å². The first-order valence-corrected chi connectivity index (χ1v) is 6.88. The molecule has 21 heavy (non-hydrogen) atoms. The van der Waals surface area contributed by atoms with Crippen LogP contribution in [0.3, 0.4) is 0 Å². The summed E-state index contributed by atoms with van der Waals surface area (Å²) in [5.74, 6) is -0.945. The lowest BCUT2D eigenvalue weighted by Crippen LogP contribution is -2.09. The van der Waals surface area contributed by atoms with Gasteiger partial charge in [0.15, 0.2) is 0 Å². The molecule has 0 amide bonds. The second kappa shape index (κ2) is 8.74. The number of benzene rings is 1. The van der Waals surface area contributed by atoms with Gasteiger partial charge >= 0.3 is 11.9 Å². The van der Waals surface area contributed by atoms with Gasteiger partial charge in [0, 0.05) is 6.08 Å². The maximum atomic E-state index is 12.0. The minimum atomic E-state index is -0.486. The average Bonchev–Trinajstić information content (AvgIpc) is 2.48. The monoisotopic (exact) mass is 288 g/mol. The van der Waals surface area contributed by atoms with Gasteiger partial charge in [0.1, 0.15) is 0 Å². The Morgan fingerprint density at radius 1 is 1.00 bits per heavy atom. The van der Waals surface area contributed by atoms with Crippen LogP contribution in [0.5, 0.6) is 0 Å². The van der Waals surface area contributed by atoms with Crippen molar-refractivity contribution in [2.45, 2.75) is 20.8 Å². The maximum Gasteiger partial charge on any atom is 0.338 e. The molecule has 0 N–H and O–H groups in total. The molecule has 0 atom stereocenters. The molecular weight excluding hydrogens is 268 g/mol. The molecule has 4 nitrogen and oxygen atoms in total. The van der Waals surface area contributed by atoms with Crippen molar-refractivity contribution in [1.82, 2.24) is 0 Å². The summed E-state index contributed by atoms with van der Waals surface area (Å²) in [4.78, 5) is 23.4. The van der Waals surface area contributed by atoms with Gasteiger partial charge in [-0.1, -0.05) is 30.3 Å². The van der Waals surface area contributed by atoms with E-state index in [1.54, 1.807) is 13.8 Å². The minimum Gasteiger partial charge on any atom is -0.463 e. The molecule has 4 heteroatoms. The molecular formula is C17H20O4. The number of carbonyl (C=O) groups is 2. The molecule has 0 radical (unpaired) electrons. The summed E-state index contributed by atoms with van der Waals surface area (Å²) < 4.78 is 9.86. The van der Waals surface area contributed by atoms with Crippen molar-refractivity contribution >= 4 is 17.5 Å². The third kappa shape index (κ3) is 5.26. The van der Waals surface area contributed by atoms with Crippen LogP contribution in [0.2, 0.25) is 0 Å². The molecule has 112 valence electrons. The quantitative estimate of drug-likeness (QED) is 0.458. The molecule has 0 aliphatic rings. The Kier molecular flexibility index (Phi) is 6.95. The van der Waals surface area contributed by atoms with Crippen LogP contribution in [0.15, 0.2) is 48.1 Å². The van der Waals surface area contributed by atoms with Crippen molar-refractivity contribution in [3.05, 3.63) is 53.6 Å². The van der Waals surface area contributed by atoms with E-state index in [1.807, 2.05) is 37.3 Å². The molecule has 0 unspecified atom stereocenters. The lowest BCUT2D eigenvalue weighted by atomic mass is 10.0. The zero-order chi connectivity index (χ0) is 15.7. The summed E-state index contributed by atoms with van der Waals surface area (Å²) in [6, 6.07) is 9.46. The van der Waals surface area contributed by atoms with Gasteiger partial charge in [-0.2, -0.15) is 0 Å². The normalized spacial score (nSPS) is 12.0. The van der Waals surface area contributed by atoms with Gasteiger partial charge < -0.3 is 9.47 Å². The highest BCUT2D eigenvalue weighted by atomic mass is 16.5. The highest BCUT2D eigenvalue weighted by Crippen LogP contribution is 2.20. The number of ether oxygens (including phenoxy) is 2. The van der Waals surface area contributed by atoms with E-state index in [0.717, 1.165) is 11.1 Å². The summed E-state index contributed by atoms with van der Waals surface area (Å²) in [5.41, 5.74) is 1.99. The van der Waals surface area contributed by atoms with Gasteiger partial charge in [-0.25, -0.2) is 9.59 Å². The summed E-state index contributed by atoms with van der Waals surface area (Å²) in [6.45, 7) is 5.85. The van der Waals surface area contributed by atoms with Crippen molar-refractivity contribution in [1.29, 1.82) is 0 Å². The van der Waals surface area contributed by atoms with Gasteiger partial charge in [-0.15, -0.1) is 0 Å². The lowest BCUT2D eigenvalue weighted by molar-refractivity contribution is -0.138. The number of esters is 2. The molecule has 1 rings (SSSR count). The third-order valence-electron chi connectivity index (χ3n) is 2.78. The summed E-state index contributed by atoms with van der Waals surface area (Å²) in [6.07, 6.45) is 2.68. The van der Waals surface area contributed by atoms with Crippen LogP contribution < -0.4 is 0 Å². The molecule has 0 saturated carbocycles. The molecule has 1 aromatic carbocycles. The predicted molar refractivity (Wildman–Crippen MR) is 81.4 cm³/mol. The van der Waals surface area contributed by atoms with E-state index in [1.165, 1.54) is 12.2 Å². The smallest absolute Gasteiger partial charge is 0.338 e. The zero-order valence-electron chi connectivity index (χ0n) is 12.6.